The fourth-order valence-corrected chi connectivity index (χ4v) is 2.79. The maximum absolute atomic E-state index is 11.8. The van der Waals surface area contributed by atoms with E-state index in [0.29, 0.717) is 6.54 Å². The molecule has 2 heterocycles. The number of amides is 1. The highest BCUT2D eigenvalue weighted by molar-refractivity contribution is 5.91. The van der Waals surface area contributed by atoms with Crippen molar-refractivity contribution < 1.29 is 4.79 Å². The van der Waals surface area contributed by atoms with Crippen molar-refractivity contribution in [1.29, 1.82) is 0 Å². The molecular formula is C19H21N3O. The Morgan fingerprint density at radius 3 is 2.78 bits per heavy atom. The number of nitrogens with one attached hydrogen (secondary N) is 1. The van der Waals surface area contributed by atoms with E-state index in [1.54, 1.807) is 24.5 Å². The van der Waals surface area contributed by atoms with Crippen LogP contribution in [0.5, 0.6) is 0 Å². The van der Waals surface area contributed by atoms with Crippen molar-refractivity contribution in [1.82, 2.24) is 15.2 Å². The molecule has 0 spiro atoms. The second-order valence-corrected chi connectivity index (χ2v) is 5.70. The lowest BCUT2D eigenvalue weighted by molar-refractivity contribution is -0.116. The van der Waals surface area contributed by atoms with Gasteiger partial charge in [0, 0.05) is 44.6 Å². The van der Waals surface area contributed by atoms with Crippen molar-refractivity contribution in [2.45, 2.75) is 13.0 Å². The first-order valence-electron chi connectivity index (χ1n) is 7.96. The zero-order valence-corrected chi connectivity index (χ0v) is 13.1. The van der Waals surface area contributed by atoms with Crippen molar-refractivity contribution in [3.05, 3.63) is 71.6 Å². The number of aromatic nitrogens is 1. The van der Waals surface area contributed by atoms with Crippen LogP contribution in [0.3, 0.4) is 0 Å². The highest BCUT2D eigenvalue weighted by Crippen LogP contribution is 2.17. The number of benzene rings is 1. The molecule has 2 aromatic rings. The van der Waals surface area contributed by atoms with E-state index in [1.807, 2.05) is 12.1 Å². The predicted octanol–water partition coefficient (Wildman–Crippen LogP) is 2.27. The van der Waals surface area contributed by atoms with Gasteiger partial charge in [-0.25, -0.2) is 0 Å². The highest BCUT2D eigenvalue weighted by Gasteiger charge is 2.14. The lowest BCUT2D eigenvalue weighted by atomic mass is 10.00. The van der Waals surface area contributed by atoms with Gasteiger partial charge < -0.3 is 5.32 Å². The van der Waals surface area contributed by atoms with Crippen LogP contribution < -0.4 is 5.32 Å². The minimum absolute atomic E-state index is 0.0563. The van der Waals surface area contributed by atoms with E-state index in [9.17, 15) is 4.79 Å². The molecule has 1 amide bonds. The molecule has 23 heavy (non-hydrogen) atoms. The Bertz CT molecular complexity index is 682. The van der Waals surface area contributed by atoms with Gasteiger partial charge >= 0.3 is 0 Å². The lowest BCUT2D eigenvalue weighted by Crippen LogP contribution is -2.37. The van der Waals surface area contributed by atoms with Gasteiger partial charge in [-0.1, -0.05) is 24.3 Å². The monoisotopic (exact) mass is 307 g/mol. The number of carbonyl (C=O) groups is 1. The summed E-state index contributed by atoms with van der Waals surface area (Å²) in [5, 5.41) is 2.94. The maximum Gasteiger partial charge on any atom is 0.244 e. The Morgan fingerprint density at radius 1 is 1.17 bits per heavy atom. The van der Waals surface area contributed by atoms with Crippen molar-refractivity contribution in [2.24, 2.45) is 0 Å². The number of carbonyl (C=O) groups excluding carboxylic acids is 1. The lowest BCUT2D eigenvalue weighted by Gasteiger charge is -2.28. The minimum Gasteiger partial charge on any atom is -0.351 e. The summed E-state index contributed by atoms with van der Waals surface area (Å²) < 4.78 is 0. The zero-order valence-electron chi connectivity index (χ0n) is 13.1. The first-order chi connectivity index (χ1) is 11.3. The molecule has 1 N–H and O–H groups in total. The zero-order chi connectivity index (χ0) is 15.9. The number of nitrogens with zero attached hydrogens (tertiary/aromatic N) is 2. The third kappa shape index (κ3) is 4.50. The molecule has 0 atom stereocenters. The summed E-state index contributed by atoms with van der Waals surface area (Å²) in [6.07, 6.45) is 7.89. The molecule has 0 bridgehead atoms. The van der Waals surface area contributed by atoms with Crippen LogP contribution >= 0.6 is 0 Å². The summed E-state index contributed by atoms with van der Waals surface area (Å²) in [4.78, 5) is 18.2. The Hall–Kier alpha value is -2.46. The number of rotatable bonds is 5. The van der Waals surface area contributed by atoms with Crippen molar-refractivity contribution in [3.8, 4) is 0 Å². The molecule has 1 aromatic heterocycles. The van der Waals surface area contributed by atoms with Gasteiger partial charge in [0.2, 0.25) is 5.91 Å². The van der Waals surface area contributed by atoms with Crippen LogP contribution in [0.25, 0.3) is 6.08 Å². The third-order valence-corrected chi connectivity index (χ3v) is 4.07. The molecule has 4 heteroatoms. The van der Waals surface area contributed by atoms with Gasteiger partial charge in [0.25, 0.3) is 0 Å². The van der Waals surface area contributed by atoms with Crippen LogP contribution in [0, 0.1) is 0 Å². The quantitative estimate of drug-likeness (QED) is 0.862. The van der Waals surface area contributed by atoms with Gasteiger partial charge in [0.15, 0.2) is 0 Å². The van der Waals surface area contributed by atoms with E-state index in [1.165, 1.54) is 11.1 Å². The first-order valence-corrected chi connectivity index (χ1v) is 7.96. The fourth-order valence-electron chi connectivity index (χ4n) is 2.79. The first kappa shape index (κ1) is 15.4. The summed E-state index contributed by atoms with van der Waals surface area (Å²) in [6, 6.07) is 12.3. The van der Waals surface area contributed by atoms with Crippen molar-refractivity contribution >= 4 is 12.0 Å². The molecule has 0 saturated heterocycles. The molecule has 1 aromatic carbocycles. The van der Waals surface area contributed by atoms with E-state index in [4.69, 9.17) is 0 Å². The number of pyridine rings is 1. The molecule has 1 aliphatic heterocycles. The SMILES string of the molecule is O=C(C=Cc1ccncc1)NCCN1CCc2ccccc2C1. The van der Waals surface area contributed by atoms with Crippen LogP contribution in [0.2, 0.25) is 0 Å². The number of hydrogen-bond donors (Lipinski definition) is 1. The number of hydrogen-bond acceptors (Lipinski definition) is 3. The predicted molar refractivity (Wildman–Crippen MR) is 91.7 cm³/mol. The molecular weight excluding hydrogens is 286 g/mol. The molecule has 0 radical (unpaired) electrons. The van der Waals surface area contributed by atoms with E-state index < -0.39 is 0 Å². The second-order valence-electron chi connectivity index (χ2n) is 5.70. The van der Waals surface area contributed by atoms with Gasteiger partial charge in [0.1, 0.15) is 0 Å². The van der Waals surface area contributed by atoms with E-state index >= 15 is 0 Å². The normalized spacial score (nSPS) is 14.6. The summed E-state index contributed by atoms with van der Waals surface area (Å²) in [6.45, 7) is 3.57. The Kier molecular flexibility index (Phi) is 5.17. The highest BCUT2D eigenvalue weighted by atomic mass is 16.1. The average molecular weight is 307 g/mol. The molecule has 4 nitrogen and oxygen atoms in total. The Balaban J connectivity index is 1.42. The Morgan fingerprint density at radius 2 is 1.96 bits per heavy atom. The molecule has 118 valence electrons. The van der Waals surface area contributed by atoms with Crippen LogP contribution in [0.15, 0.2) is 54.9 Å². The van der Waals surface area contributed by atoms with E-state index in [0.717, 1.165) is 31.6 Å². The molecule has 0 unspecified atom stereocenters. The topological polar surface area (TPSA) is 45.2 Å². The summed E-state index contributed by atoms with van der Waals surface area (Å²) in [5.41, 5.74) is 3.83. The molecule has 0 fully saturated rings. The summed E-state index contributed by atoms with van der Waals surface area (Å²) in [5.74, 6) is -0.0563. The summed E-state index contributed by atoms with van der Waals surface area (Å²) in [7, 11) is 0. The van der Waals surface area contributed by atoms with Crippen molar-refractivity contribution in [2.75, 3.05) is 19.6 Å². The van der Waals surface area contributed by atoms with E-state index in [2.05, 4.69) is 39.5 Å². The molecule has 3 rings (SSSR count). The molecule has 0 aliphatic carbocycles. The van der Waals surface area contributed by atoms with E-state index in [-0.39, 0.29) is 5.91 Å². The van der Waals surface area contributed by atoms with Crippen LogP contribution in [-0.2, 0) is 17.8 Å². The average Bonchev–Trinajstić information content (AvgIpc) is 2.61. The van der Waals surface area contributed by atoms with Crippen LogP contribution in [0.4, 0.5) is 0 Å². The largest absolute Gasteiger partial charge is 0.351 e. The summed E-state index contributed by atoms with van der Waals surface area (Å²) >= 11 is 0. The molecule has 1 aliphatic rings. The van der Waals surface area contributed by atoms with Crippen LogP contribution in [-0.4, -0.2) is 35.4 Å². The maximum atomic E-state index is 11.8. The smallest absolute Gasteiger partial charge is 0.244 e. The van der Waals surface area contributed by atoms with Crippen LogP contribution in [0.1, 0.15) is 16.7 Å². The molecule has 0 saturated carbocycles. The minimum atomic E-state index is -0.0563. The Labute approximate surface area is 136 Å². The van der Waals surface area contributed by atoms with Gasteiger partial charge in [-0.2, -0.15) is 0 Å². The van der Waals surface area contributed by atoms with Gasteiger partial charge in [0.05, 0.1) is 0 Å². The number of fused-ring (bicyclic) bond motifs is 1. The van der Waals surface area contributed by atoms with Crippen molar-refractivity contribution in [3.63, 3.8) is 0 Å². The van der Waals surface area contributed by atoms with Gasteiger partial charge in [-0.3, -0.25) is 14.7 Å². The second kappa shape index (κ2) is 7.70. The fraction of sp³-hybridized carbons (Fsp3) is 0.263. The van der Waals surface area contributed by atoms with Gasteiger partial charge in [-0.05, 0) is 41.3 Å². The van der Waals surface area contributed by atoms with Gasteiger partial charge in [-0.15, -0.1) is 0 Å². The standard InChI is InChI=1S/C19H21N3O/c23-19(6-5-16-7-10-20-11-8-16)21-12-14-22-13-9-17-3-1-2-4-18(17)15-22/h1-8,10-11H,9,12-15H2,(H,21,23). The third-order valence-electron chi connectivity index (χ3n) is 4.07.